The van der Waals surface area contributed by atoms with Gasteiger partial charge < -0.3 is 10.6 Å². The average Bonchev–Trinajstić information content (AvgIpc) is 2.55. The van der Waals surface area contributed by atoms with Gasteiger partial charge in [-0.05, 0) is 66.0 Å². The lowest BCUT2D eigenvalue weighted by molar-refractivity contribution is 0.0954. The first kappa shape index (κ1) is 18.3. The molecule has 0 unspecified atom stereocenters. The van der Waals surface area contributed by atoms with E-state index in [9.17, 15) is 9.59 Å². The van der Waals surface area contributed by atoms with Crippen LogP contribution < -0.4 is 16.0 Å². The van der Waals surface area contributed by atoms with Crippen LogP contribution in [0.15, 0.2) is 48.5 Å². The highest BCUT2D eigenvalue weighted by Crippen LogP contribution is 2.15. The number of hydrogen-bond acceptors (Lipinski definition) is 3. The van der Waals surface area contributed by atoms with Crippen LogP contribution in [0, 0.1) is 3.57 Å². The van der Waals surface area contributed by atoms with E-state index in [0.29, 0.717) is 23.4 Å². The van der Waals surface area contributed by atoms with Crippen LogP contribution in [0.3, 0.4) is 0 Å². The lowest BCUT2D eigenvalue weighted by Gasteiger charge is -2.13. The summed E-state index contributed by atoms with van der Waals surface area (Å²) in [7, 11) is 0. The highest BCUT2D eigenvalue weighted by atomic mass is 127. The second-order valence-corrected chi connectivity index (χ2v) is 6.36. The van der Waals surface area contributed by atoms with Gasteiger partial charge in [-0.15, -0.1) is 0 Å². The summed E-state index contributed by atoms with van der Waals surface area (Å²) in [5.74, 6) is -0.500. The lowest BCUT2D eigenvalue weighted by atomic mass is 10.1. The van der Waals surface area contributed by atoms with Crippen molar-refractivity contribution in [2.45, 2.75) is 6.92 Å². The van der Waals surface area contributed by atoms with Crippen LogP contribution in [0.5, 0.6) is 0 Å². The van der Waals surface area contributed by atoms with Crippen LogP contribution in [0.2, 0.25) is 0 Å². The monoisotopic (exact) mass is 453 g/mol. The van der Waals surface area contributed by atoms with Crippen LogP contribution >= 0.6 is 34.8 Å². The van der Waals surface area contributed by atoms with Gasteiger partial charge in [0.2, 0.25) is 0 Å². The normalized spacial score (nSPS) is 9.92. The Balaban J connectivity index is 2.09. The summed E-state index contributed by atoms with van der Waals surface area (Å²) in [4.78, 5) is 24.3. The minimum Gasteiger partial charge on any atom is -0.352 e. The molecule has 0 radical (unpaired) electrons. The van der Waals surface area contributed by atoms with E-state index >= 15 is 0 Å². The van der Waals surface area contributed by atoms with Crippen molar-refractivity contribution >= 4 is 57.4 Å². The smallest absolute Gasteiger partial charge is 0.258 e. The van der Waals surface area contributed by atoms with Crippen molar-refractivity contribution in [1.82, 2.24) is 10.6 Å². The van der Waals surface area contributed by atoms with E-state index in [4.69, 9.17) is 12.2 Å². The van der Waals surface area contributed by atoms with Gasteiger partial charge in [0.05, 0.1) is 16.8 Å². The highest BCUT2D eigenvalue weighted by Gasteiger charge is 2.14. The summed E-state index contributed by atoms with van der Waals surface area (Å²) in [6.45, 7) is 2.38. The Morgan fingerprint density at radius 3 is 2.29 bits per heavy atom. The number of para-hydroxylation sites is 1. The number of hydrogen-bond donors (Lipinski definition) is 3. The van der Waals surface area contributed by atoms with Gasteiger partial charge in [-0.2, -0.15) is 0 Å². The summed E-state index contributed by atoms with van der Waals surface area (Å²) < 4.78 is 0.832. The summed E-state index contributed by atoms with van der Waals surface area (Å²) in [5, 5.41) is 8.41. The third-order valence-corrected chi connectivity index (χ3v) is 4.25. The fraction of sp³-hybridized carbons (Fsp3) is 0.118. The SMILES string of the molecule is CCNC(=O)c1ccccc1NC(=S)NC(=O)c1ccccc1I. The molecule has 0 fully saturated rings. The second kappa shape index (κ2) is 8.74. The predicted molar refractivity (Wildman–Crippen MR) is 107 cm³/mol. The Labute approximate surface area is 159 Å². The zero-order chi connectivity index (χ0) is 17.5. The fourth-order valence-corrected chi connectivity index (χ4v) is 2.85. The number of thiocarbonyl (C=S) groups is 1. The Kier molecular flexibility index (Phi) is 6.68. The average molecular weight is 453 g/mol. The summed E-state index contributed by atoms with van der Waals surface area (Å²) in [6.07, 6.45) is 0. The Bertz CT molecular complexity index is 780. The molecule has 124 valence electrons. The molecule has 2 amide bonds. The molecule has 2 aromatic rings. The van der Waals surface area contributed by atoms with Gasteiger partial charge in [-0.3, -0.25) is 14.9 Å². The zero-order valence-electron chi connectivity index (χ0n) is 12.9. The van der Waals surface area contributed by atoms with E-state index in [1.54, 1.807) is 36.4 Å². The second-order valence-electron chi connectivity index (χ2n) is 4.79. The predicted octanol–water partition coefficient (Wildman–Crippen LogP) is 3.17. The molecule has 0 aliphatic heterocycles. The van der Waals surface area contributed by atoms with Crippen molar-refractivity contribution in [1.29, 1.82) is 0 Å². The summed E-state index contributed by atoms with van der Waals surface area (Å²) >= 11 is 7.28. The van der Waals surface area contributed by atoms with Crippen molar-refractivity contribution < 1.29 is 9.59 Å². The molecule has 0 aliphatic rings. The van der Waals surface area contributed by atoms with E-state index in [1.165, 1.54) is 0 Å². The number of carbonyl (C=O) groups excluding carboxylic acids is 2. The molecular weight excluding hydrogens is 437 g/mol. The van der Waals surface area contributed by atoms with Crippen LogP contribution in [-0.2, 0) is 0 Å². The third-order valence-electron chi connectivity index (χ3n) is 3.10. The van der Waals surface area contributed by atoms with Crippen molar-refractivity contribution in [2.24, 2.45) is 0 Å². The Morgan fingerprint density at radius 1 is 1.00 bits per heavy atom. The lowest BCUT2D eigenvalue weighted by Crippen LogP contribution is -2.35. The van der Waals surface area contributed by atoms with Crippen LogP contribution in [0.4, 0.5) is 5.69 Å². The summed E-state index contributed by atoms with van der Waals surface area (Å²) in [6, 6.07) is 14.2. The minimum absolute atomic E-state index is 0.136. The van der Waals surface area contributed by atoms with Gasteiger partial charge in [0.15, 0.2) is 5.11 Å². The topological polar surface area (TPSA) is 70.2 Å². The molecule has 0 aliphatic carbocycles. The van der Waals surface area contributed by atoms with Crippen LogP contribution in [0.1, 0.15) is 27.6 Å². The maximum Gasteiger partial charge on any atom is 0.258 e. The largest absolute Gasteiger partial charge is 0.352 e. The molecule has 0 bridgehead atoms. The Hall–Kier alpha value is -2.00. The highest BCUT2D eigenvalue weighted by molar-refractivity contribution is 14.1. The summed E-state index contributed by atoms with van der Waals surface area (Å²) in [5.41, 5.74) is 1.54. The van der Waals surface area contributed by atoms with Crippen molar-refractivity contribution in [3.63, 3.8) is 0 Å². The van der Waals surface area contributed by atoms with Crippen LogP contribution in [-0.4, -0.2) is 23.5 Å². The van der Waals surface area contributed by atoms with Crippen molar-refractivity contribution in [3.8, 4) is 0 Å². The van der Waals surface area contributed by atoms with E-state index in [2.05, 4.69) is 38.5 Å². The maximum atomic E-state index is 12.3. The Morgan fingerprint density at radius 2 is 1.62 bits per heavy atom. The molecule has 2 rings (SSSR count). The van der Waals surface area contributed by atoms with Crippen molar-refractivity contribution in [3.05, 3.63) is 63.2 Å². The van der Waals surface area contributed by atoms with Gasteiger partial charge in [-0.1, -0.05) is 24.3 Å². The van der Waals surface area contributed by atoms with Gasteiger partial charge >= 0.3 is 0 Å². The molecule has 0 saturated heterocycles. The zero-order valence-corrected chi connectivity index (χ0v) is 15.9. The van der Waals surface area contributed by atoms with Gasteiger partial charge in [0.1, 0.15) is 0 Å². The third kappa shape index (κ3) is 4.75. The molecule has 0 heterocycles. The number of rotatable bonds is 4. The molecule has 0 atom stereocenters. The first-order valence-electron chi connectivity index (χ1n) is 7.27. The number of carbonyl (C=O) groups is 2. The maximum absolute atomic E-state index is 12.3. The minimum atomic E-state index is -0.298. The number of anilines is 1. The van der Waals surface area contributed by atoms with Crippen molar-refractivity contribution in [2.75, 3.05) is 11.9 Å². The molecular formula is C17H16IN3O2S. The number of halogens is 1. The molecule has 2 aromatic carbocycles. The fourth-order valence-electron chi connectivity index (χ4n) is 2.02. The first-order valence-corrected chi connectivity index (χ1v) is 8.75. The molecule has 24 heavy (non-hydrogen) atoms. The van der Waals surface area contributed by atoms with Gasteiger partial charge in [0, 0.05) is 10.1 Å². The van der Waals surface area contributed by atoms with Gasteiger partial charge in [-0.25, -0.2) is 0 Å². The number of benzene rings is 2. The van der Waals surface area contributed by atoms with E-state index in [0.717, 1.165) is 3.57 Å². The molecule has 5 nitrogen and oxygen atoms in total. The number of amides is 2. The number of nitrogens with one attached hydrogen (secondary N) is 3. The molecule has 0 saturated carbocycles. The molecule has 7 heteroatoms. The van der Waals surface area contributed by atoms with Crippen LogP contribution in [0.25, 0.3) is 0 Å². The molecule has 0 aromatic heterocycles. The standard InChI is InChI=1S/C17H16IN3O2S/c1-2-19-15(22)12-8-4-6-10-14(12)20-17(24)21-16(23)11-7-3-5-9-13(11)18/h3-10H,2H2,1H3,(H,19,22)(H2,20,21,23,24). The molecule has 0 spiro atoms. The quantitative estimate of drug-likeness (QED) is 0.492. The van der Waals surface area contributed by atoms with E-state index in [1.807, 2.05) is 19.1 Å². The van der Waals surface area contributed by atoms with E-state index < -0.39 is 0 Å². The van der Waals surface area contributed by atoms with E-state index in [-0.39, 0.29) is 16.9 Å². The molecule has 3 N–H and O–H groups in total. The van der Waals surface area contributed by atoms with Gasteiger partial charge in [0.25, 0.3) is 11.8 Å². The first-order chi connectivity index (χ1) is 11.5.